The van der Waals surface area contributed by atoms with Crippen molar-refractivity contribution < 1.29 is 14.6 Å². The Morgan fingerprint density at radius 3 is 2.76 bits per heavy atom. The SMILES string of the molecule is CC(O)CNC(=O)c1cccc(OC(C)C)n1. The van der Waals surface area contributed by atoms with Gasteiger partial charge < -0.3 is 15.2 Å². The van der Waals surface area contributed by atoms with Gasteiger partial charge in [-0.15, -0.1) is 0 Å². The number of aliphatic hydroxyl groups is 1. The molecule has 1 amide bonds. The molecule has 2 N–H and O–H groups in total. The summed E-state index contributed by atoms with van der Waals surface area (Å²) < 4.78 is 5.39. The Hall–Kier alpha value is -1.62. The van der Waals surface area contributed by atoms with Crippen molar-refractivity contribution in [3.8, 4) is 5.88 Å². The second-order valence-corrected chi connectivity index (χ2v) is 4.09. The van der Waals surface area contributed by atoms with Crippen molar-refractivity contribution in [1.82, 2.24) is 10.3 Å². The van der Waals surface area contributed by atoms with Gasteiger partial charge >= 0.3 is 0 Å². The molecular formula is C12H18N2O3. The average Bonchev–Trinajstić information content (AvgIpc) is 2.25. The van der Waals surface area contributed by atoms with Crippen LogP contribution in [0.4, 0.5) is 0 Å². The van der Waals surface area contributed by atoms with Crippen LogP contribution in [0.1, 0.15) is 31.3 Å². The fourth-order valence-electron chi connectivity index (χ4n) is 1.18. The highest BCUT2D eigenvalue weighted by molar-refractivity contribution is 5.92. The van der Waals surface area contributed by atoms with Crippen molar-refractivity contribution in [1.29, 1.82) is 0 Å². The van der Waals surface area contributed by atoms with E-state index >= 15 is 0 Å². The number of aliphatic hydroxyl groups excluding tert-OH is 1. The molecule has 17 heavy (non-hydrogen) atoms. The number of carbonyl (C=O) groups excluding carboxylic acids is 1. The molecule has 94 valence electrons. The second kappa shape index (κ2) is 6.20. The van der Waals surface area contributed by atoms with E-state index in [0.29, 0.717) is 5.88 Å². The highest BCUT2D eigenvalue weighted by Crippen LogP contribution is 2.09. The third-order valence-corrected chi connectivity index (χ3v) is 1.87. The third kappa shape index (κ3) is 4.82. The van der Waals surface area contributed by atoms with Crippen LogP contribution in [0.5, 0.6) is 5.88 Å². The molecular weight excluding hydrogens is 220 g/mol. The minimum absolute atomic E-state index is 0.0123. The van der Waals surface area contributed by atoms with Crippen LogP contribution < -0.4 is 10.1 Å². The van der Waals surface area contributed by atoms with E-state index in [1.54, 1.807) is 25.1 Å². The van der Waals surface area contributed by atoms with Crippen LogP contribution >= 0.6 is 0 Å². The molecule has 1 atom stereocenters. The number of aromatic nitrogens is 1. The zero-order chi connectivity index (χ0) is 12.8. The maximum atomic E-state index is 11.6. The van der Waals surface area contributed by atoms with Gasteiger partial charge in [0, 0.05) is 12.6 Å². The fourth-order valence-corrected chi connectivity index (χ4v) is 1.18. The van der Waals surface area contributed by atoms with E-state index in [-0.39, 0.29) is 24.2 Å². The normalized spacial score (nSPS) is 12.3. The van der Waals surface area contributed by atoms with E-state index in [1.165, 1.54) is 0 Å². The summed E-state index contributed by atoms with van der Waals surface area (Å²) in [5, 5.41) is 11.6. The molecule has 0 bridgehead atoms. The first kappa shape index (κ1) is 13.4. The first-order valence-corrected chi connectivity index (χ1v) is 5.59. The molecule has 0 aliphatic rings. The average molecular weight is 238 g/mol. The van der Waals surface area contributed by atoms with Gasteiger partial charge in [0.05, 0.1) is 12.2 Å². The molecule has 5 heteroatoms. The van der Waals surface area contributed by atoms with Crippen LogP contribution in [-0.2, 0) is 0 Å². The van der Waals surface area contributed by atoms with Crippen LogP contribution in [-0.4, -0.2) is 34.8 Å². The molecule has 0 aromatic carbocycles. The molecule has 0 spiro atoms. The maximum absolute atomic E-state index is 11.6. The molecule has 0 fully saturated rings. The van der Waals surface area contributed by atoms with Crippen molar-refractivity contribution in [2.24, 2.45) is 0 Å². The summed E-state index contributed by atoms with van der Waals surface area (Å²) in [7, 11) is 0. The van der Waals surface area contributed by atoms with E-state index in [2.05, 4.69) is 10.3 Å². The molecule has 1 aromatic rings. The summed E-state index contributed by atoms with van der Waals surface area (Å²) in [5.41, 5.74) is 0.281. The second-order valence-electron chi connectivity index (χ2n) is 4.09. The van der Waals surface area contributed by atoms with E-state index in [1.807, 2.05) is 13.8 Å². The number of nitrogens with one attached hydrogen (secondary N) is 1. The van der Waals surface area contributed by atoms with Gasteiger partial charge in [-0.05, 0) is 26.8 Å². The van der Waals surface area contributed by atoms with Crippen LogP contribution in [0, 0.1) is 0 Å². The fraction of sp³-hybridized carbons (Fsp3) is 0.500. The Morgan fingerprint density at radius 2 is 2.18 bits per heavy atom. The number of amides is 1. The molecule has 0 aliphatic carbocycles. The quantitative estimate of drug-likeness (QED) is 0.802. The minimum Gasteiger partial charge on any atom is -0.475 e. The van der Waals surface area contributed by atoms with Gasteiger partial charge in [0.15, 0.2) is 0 Å². The summed E-state index contributed by atoms with van der Waals surface area (Å²) in [5.74, 6) is 0.102. The van der Waals surface area contributed by atoms with Crippen LogP contribution in [0.15, 0.2) is 18.2 Å². The highest BCUT2D eigenvalue weighted by atomic mass is 16.5. The van der Waals surface area contributed by atoms with Crippen molar-refractivity contribution in [3.05, 3.63) is 23.9 Å². The van der Waals surface area contributed by atoms with Gasteiger partial charge in [0.2, 0.25) is 5.88 Å². The molecule has 0 saturated heterocycles. The third-order valence-electron chi connectivity index (χ3n) is 1.87. The number of carbonyl (C=O) groups is 1. The van der Waals surface area contributed by atoms with Crippen molar-refractivity contribution in [2.75, 3.05) is 6.54 Å². The molecule has 1 unspecified atom stereocenters. The predicted molar refractivity (Wildman–Crippen MR) is 64.0 cm³/mol. The summed E-state index contributed by atoms with van der Waals surface area (Å²) in [6, 6.07) is 5.01. The van der Waals surface area contributed by atoms with E-state index in [4.69, 9.17) is 9.84 Å². The van der Waals surface area contributed by atoms with Crippen molar-refractivity contribution in [2.45, 2.75) is 33.0 Å². The molecule has 0 aliphatic heterocycles. The Kier molecular flexibility index (Phi) is 4.90. The number of hydrogen-bond donors (Lipinski definition) is 2. The maximum Gasteiger partial charge on any atom is 0.270 e. The van der Waals surface area contributed by atoms with Crippen LogP contribution in [0.3, 0.4) is 0 Å². The molecule has 5 nitrogen and oxygen atoms in total. The summed E-state index contributed by atoms with van der Waals surface area (Å²) in [6.45, 7) is 5.59. The largest absolute Gasteiger partial charge is 0.475 e. The lowest BCUT2D eigenvalue weighted by Gasteiger charge is -2.10. The Morgan fingerprint density at radius 1 is 1.47 bits per heavy atom. The lowest BCUT2D eigenvalue weighted by molar-refractivity contribution is 0.0917. The summed E-state index contributed by atoms with van der Waals surface area (Å²) >= 11 is 0. The Labute approximate surface area is 101 Å². The summed E-state index contributed by atoms with van der Waals surface area (Å²) in [4.78, 5) is 15.7. The van der Waals surface area contributed by atoms with Crippen LogP contribution in [0.2, 0.25) is 0 Å². The predicted octanol–water partition coefficient (Wildman–Crippen LogP) is 0.979. The first-order valence-electron chi connectivity index (χ1n) is 5.59. The number of nitrogens with zero attached hydrogens (tertiary/aromatic N) is 1. The zero-order valence-electron chi connectivity index (χ0n) is 10.3. The molecule has 0 radical (unpaired) electrons. The highest BCUT2D eigenvalue weighted by Gasteiger charge is 2.09. The van der Waals surface area contributed by atoms with E-state index in [9.17, 15) is 4.79 Å². The van der Waals surface area contributed by atoms with E-state index in [0.717, 1.165) is 0 Å². The smallest absolute Gasteiger partial charge is 0.270 e. The van der Waals surface area contributed by atoms with Gasteiger partial charge in [-0.1, -0.05) is 6.07 Å². The van der Waals surface area contributed by atoms with Gasteiger partial charge in [-0.2, -0.15) is 0 Å². The van der Waals surface area contributed by atoms with Gasteiger partial charge in [0.1, 0.15) is 5.69 Å². The van der Waals surface area contributed by atoms with Crippen molar-refractivity contribution >= 4 is 5.91 Å². The van der Waals surface area contributed by atoms with Crippen molar-refractivity contribution in [3.63, 3.8) is 0 Å². The molecule has 1 rings (SSSR count). The lowest BCUT2D eigenvalue weighted by atomic mass is 10.3. The number of ether oxygens (including phenoxy) is 1. The van der Waals surface area contributed by atoms with Gasteiger partial charge in [0.25, 0.3) is 5.91 Å². The number of rotatable bonds is 5. The topological polar surface area (TPSA) is 71.5 Å². The minimum atomic E-state index is -0.575. The number of hydrogen-bond acceptors (Lipinski definition) is 4. The standard InChI is InChI=1S/C12H18N2O3/c1-8(2)17-11-6-4-5-10(14-11)12(16)13-7-9(3)15/h4-6,8-9,15H,7H2,1-3H3,(H,13,16). The van der Waals surface area contributed by atoms with Crippen LogP contribution in [0.25, 0.3) is 0 Å². The monoisotopic (exact) mass is 238 g/mol. The van der Waals surface area contributed by atoms with Gasteiger partial charge in [-0.25, -0.2) is 4.98 Å². The van der Waals surface area contributed by atoms with Gasteiger partial charge in [-0.3, -0.25) is 4.79 Å². The summed E-state index contributed by atoms with van der Waals surface area (Å²) in [6.07, 6.45) is -0.563. The molecule has 1 aromatic heterocycles. The first-order chi connectivity index (χ1) is 7.99. The number of pyridine rings is 1. The van der Waals surface area contributed by atoms with E-state index < -0.39 is 6.10 Å². The Bertz CT molecular complexity index is 378. The lowest BCUT2D eigenvalue weighted by Crippen LogP contribution is -2.31. The Balaban J connectivity index is 2.67. The molecule has 0 saturated carbocycles. The molecule has 1 heterocycles. The zero-order valence-corrected chi connectivity index (χ0v) is 10.3.